The Morgan fingerprint density at radius 1 is 0.933 bits per heavy atom. The molecule has 0 saturated carbocycles. The summed E-state index contributed by atoms with van der Waals surface area (Å²) in [5, 5.41) is 19.1. The molecule has 2 aromatic carbocycles. The Morgan fingerprint density at radius 3 is 2.37 bits per heavy atom. The first-order chi connectivity index (χ1) is 14.4. The number of carbonyl (C=O) groups is 2. The number of hydrogen-bond donors (Lipinski definition) is 2. The molecule has 0 bridgehead atoms. The first-order valence-corrected chi connectivity index (χ1v) is 10.8. The first kappa shape index (κ1) is 23.5. The fraction of sp³-hybridized carbons (Fsp3) is 0.440. The predicted octanol–water partition coefficient (Wildman–Crippen LogP) is 5.40. The fourth-order valence-corrected chi connectivity index (χ4v) is 3.48. The Labute approximate surface area is 179 Å². The number of aryl methyl sites for hydroxylation is 1. The van der Waals surface area contributed by atoms with E-state index >= 15 is 0 Å². The summed E-state index contributed by atoms with van der Waals surface area (Å²) in [5.41, 5.74) is 3.47. The van der Waals surface area contributed by atoms with Crippen molar-refractivity contribution >= 4 is 11.9 Å². The van der Waals surface area contributed by atoms with Crippen LogP contribution in [0.5, 0.6) is 5.75 Å². The van der Waals surface area contributed by atoms with Crippen molar-refractivity contribution < 1.29 is 19.8 Å². The Hall–Kier alpha value is -2.82. The normalized spacial score (nSPS) is 10.7. The van der Waals surface area contributed by atoms with E-state index in [9.17, 15) is 14.7 Å². The molecule has 0 spiro atoms. The van der Waals surface area contributed by atoms with E-state index in [-0.39, 0.29) is 18.1 Å². The molecular weight excluding hydrogens is 378 g/mol. The van der Waals surface area contributed by atoms with Gasteiger partial charge in [0.1, 0.15) is 5.75 Å². The number of unbranched alkanes of at least 4 members (excludes halogenated alkanes) is 4. The maximum Gasteiger partial charge on any atom is 0.303 e. The third-order valence-corrected chi connectivity index (χ3v) is 5.29. The zero-order valence-electron chi connectivity index (χ0n) is 18.1. The van der Waals surface area contributed by atoms with E-state index in [1.54, 1.807) is 17.0 Å². The van der Waals surface area contributed by atoms with Gasteiger partial charge in [0.2, 0.25) is 5.91 Å². The Morgan fingerprint density at radius 2 is 1.67 bits per heavy atom. The van der Waals surface area contributed by atoms with Gasteiger partial charge in [0.05, 0.1) is 0 Å². The van der Waals surface area contributed by atoms with Crippen LogP contribution in [0.3, 0.4) is 0 Å². The minimum Gasteiger partial charge on any atom is -0.508 e. The van der Waals surface area contributed by atoms with Crippen LogP contribution in [0.25, 0.3) is 11.1 Å². The predicted molar refractivity (Wildman–Crippen MR) is 119 cm³/mol. The lowest BCUT2D eigenvalue weighted by Gasteiger charge is -2.18. The summed E-state index contributed by atoms with van der Waals surface area (Å²) >= 11 is 0. The maximum absolute atomic E-state index is 12.4. The van der Waals surface area contributed by atoms with Gasteiger partial charge in [0.25, 0.3) is 0 Å². The summed E-state index contributed by atoms with van der Waals surface area (Å²) in [6, 6.07) is 13.3. The summed E-state index contributed by atoms with van der Waals surface area (Å²) in [6.45, 7) is 2.73. The molecule has 0 aromatic heterocycles. The van der Waals surface area contributed by atoms with Gasteiger partial charge in [0, 0.05) is 26.4 Å². The first-order valence-electron chi connectivity index (χ1n) is 10.8. The number of aromatic hydroxyl groups is 1. The Bertz CT molecular complexity index is 847. The monoisotopic (exact) mass is 411 g/mol. The van der Waals surface area contributed by atoms with Gasteiger partial charge in [-0.1, -0.05) is 62.9 Å². The highest BCUT2D eigenvalue weighted by Gasteiger charge is 2.11. The lowest BCUT2D eigenvalue weighted by Crippen LogP contribution is -2.25. The molecule has 2 N–H and O–H groups in total. The number of phenols is 1. The second-order valence-corrected chi connectivity index (χ2v) is 7.85. The molecule has 162 valence electrons. The average molecular weight is 412 g/mol. The van der Waals surface area contributed by atoms with Crippen molar-refractivity contribution in [2.45, 2.75) is 64.8 Å². The third kappa shape index (κ3) is 7.54. The van der Waals surface area contributed by atoms with Gasteiger partial charge in [-0.15, -0.1) is 0 Å². The zero-order chi connectivity index (χ0) is 21.9. The van der Waals surface area contributed by atoms with E-state index in [4.69, 9.17) is 5.11 Å². The molecule has 30 heavy (non-hydrogen) atoms. The van der Waals surface area contributed by atoms with E-state index in [2.05, 4.69) is 6.92 Å². The molecule has 2 aromatic rings. The van der Waals surface area contributed by atoms with Crippen LogP contribution in [-0.4, -0.2) is 34.0 Å². The van der Waals surface area contributed by atoms with Crippen molar-refractivity contribution in [2.24, 2.45) is 0 Å². The van der Waals surface area contributed by atoms with Gasteiger partial charge in [-0.2, -0.15) is 0 Å². The van der Waals surface area contributed by atoms with Crippen LogP contribution < -0.4 is 0 Å². The summed E-state index contributed by atoms with van der Waals surface area (Å²) < 4.78 is 0. The Kier molecular flexibility index (Phi) is 9.39. The highest BCUT2D eigenvalue weighted by Crippen LogP contribution is 2.28. The fourth-order valence-electron chi connectivity index (χ4n) is 3.48. The van der Waals surface area contributed by atoms with Gasteiger partial charge in [0.15, 0.2) is 0 Å². The molecule has 1 amide bonds. The molecule has 0 unspecified atom stereocenters. The quantitative estimate of drug-likeness (QED) is 0.459. The van der Waals surface area contributed by atoms with Crippen molar-refractivity contribution in [3.63, 3.8) is 0 Å². The number of benzene rings is 2. The van der Waals surface area contributed by atoms with Crippen LogP contribution in [-0.2, 0) is 22.6 Å². The van der Waals surface area contributed by atoms with Crippen molar-refractivity contribution in [3.8, 4) is 16.9 Å². The molecular formula is C25H33NO4. The van der Waals surface area contributed by atoms with Crippen LogP contribution in [0.4, 0.5) is 0 Å². The minimum absolute atomic E-state index is 0.0125. The molecule has 2 rings (SSSR count). The number of hydrogen-bond acceptors (Lipinski definition) is 3. The van der Waals surface area contributed by atoms with Gasteiger partial charge in [-0.05, 0) is 47.2 Å². The summed E-state index contributed by atoms with van der Waals surface area (Å²) in [7, 11) is 1.84. The van der Waals surface area contributed by atoms with Crippen LogP contribution >= 0.6 is 0 Å². The summed E-state index contributed by atoms with van der Waals surface area (Å²) in [4.78, 5) is 24.9. The molecule has 5 heteroatoms. The smallest absolute Gasteiger partial charge is 0.303 e. The average Bonchev–Trinajstić information content (AvgIpc) is 2.72. The second-order valence-electron chi connectivity index (χ2n) is 7.85. The van der Waals surface area contributed by atoms with Crippen molar-refractivity contribution in [1.29, 1.82) is 0 Å². The molecule has 0 atom stereocenters. The lowest BCUT2D eigenvalue weighted by molar-refractivity contribution is -0.137. The van der Waals surface area contributed by atoms with Crippen LogP contribution in [0, 0.1) is 0 Å². The molecule has 0 radical (unpaired) electrons. The number of rotatable bonds is 12. The van der Waals surface area contributed by atoms with Crippen LogP contribution in [0.15, 0.2) is 42.5 Å². The number of nitrogens with zero attached hydrogens (tertiary/aromatic N) is 1. The van der Waals surface area contributed by atoms with Gasteiger partial charge in [-0.3, -0.25) is 9.59 Å². The SMILES string of the molecule is CCCCCCCC(=O)N(C)Cc1cccc(-c2ccc(CCC(=O)O)c(O)c2)c1. The lowest BCUT2D eigenvalue weighted by atomic mass is 9.99. The Balaban J connectivity index is 1.98. The second kappa shape index (κ2) is 12.0. The van der Waals surface area contributed by atoms with Gasteiger partial charge < -0.3 is 15.1 Å². The molecule has 5 nitrogen and oxygen atoms in total. The minimum atomic E-state index is -0.884. The molecule has 0 saturated heterocycles. The summed E-state index contributed by atoms with van der Waals surface area (Å²) in [6.07, 6.45) is 6.54. The van der Waals surface area contributed by atoms with Crippen molar-refractivity contribution in [1.82, 2.24) is 4.90 Å². The molecule has 0 heterocycles. The van der Waals surface area contributed by atoms with Gasteiger partial charge in [-0.25, -0.2) is 0 Å². The highest BCUT2D eigenvalue weighted by atomic mass is 16.4. The van der Waals surface area contributed by atoms with E-state index in [0.29, 0.717) is 24.9 Å². The van der Waals surface area contributed by atoms with Gasteiger partial charge >= 0.3 is 5.97 Å². The topological polar surface area (TPSA) is 77.8 Å². The number of carboxylic acid groups (broad SMARTS) is 1. The van der Waals surface area contributed by atoms with Crippen LogP contribution in [0.2, 0.25) is 0 Å². The highest BCUT2D eigenvalue weighted by molar-refractivity contribution is 5.76. The number of aliphatic carboxylic acids is 1. The molecule has 0 aliphatic rings. The van der Waals surface area contributed by atoms with E-state index in [1.807, 2.05) is 37.4 Å². The third-order valence-electron chi connectivity index (χ3n) is 5.29. The van der Waals surface area contributed by atoms with Crippen molar-refractivity contribution in [3.05, 3.63) is 53.6 Å². The number of amides is 1. The zero-order valence-corrected chi connectivity index (χ0v) is 18.1. The largest absolute Gasteiger partial charge is 0.508 e. The number of phenolic OH excluding ortho intramolecular Hbond substituents is 1. The van der Waals surface area contributed by atoms with E-state index in [1.165, 1.54) is 19.3 Å². The number of carbonyl (C=O) groups excluding carboxylic acids is 1. The molecule has 0 fully saturated rings. The standard InChI is InChI=1S/C25H33NO4/c1-3-4-5-6-7-11-24(28)26(2)18-19-9-8-10-21(16-19)22-13-12-20(23(27)17-22)14-15-25(29)30/h8-10,12-13,16-17,27H,3-7,11,14-15,18H2,1-2H3,(H,29,30). The maximum atomic E-state index is 12.4. The van der Waals surface area contributed by atoms with Crippen LogP contribution in [0.1, 0.15) is 63.0 Å². The summed E-state index contributed by atoms with van der Waals surface area (Å²) in [5.74, 6) is -0.613. The molecule has 0 aliphatic heterocycles. The molecule has 0 aliphatic carbocycles. The van der Waals surface area contributed by atoms with Crippen molar-refractivity contribution in [2.75, 3.05) is 7.05 Å². The van der Waals surface area contributed by atoms with E-state index in [0.717, 1.165) is 29.5 Å². The van der Waals surface area contributed by atoms with E-state index < -0.39 is 5.97 Å². The number of carboxylic acids is 1.